The van der Waals surface area contributed by atoms with Crippen LogP contribution in [0.3, 0.4) is 0 Å². The van der Waals surface area contributed by atoms with Crippen molar-refractivity contribution in [3.05, 3.63) is 273 Å². The van der Waals surface area contributed by atoms with Crippen molar-refractivity contribution in [2.75, 3.05) is 54.6 Å². The molecule has 0 spiro atoms. The Bertz CT molecular complexity index is 7010. The topological polar surface area (TPSA) is 525 Å². The average Bonchev–Trinajstić information content (AvgIpc) is 1.63. The molecule has 11 aromatic rings. The summed E-state index contributed by atoms with van der Waals surface area (Å²) in [6.45, 7) is 3.88. The summed E-state index contributed by atoms with van der Waals surface area (Å²) in [6, 6.07) is 38.4. The van der Waals surface area contributed by atoms with E-state index in [0.29, 0.717) is 97.0 Å². The molecule has 688 valence electrons. The zero-order valence-corrected chi connectivity index (χ0v) is 73.8. The lowest BCUT2D eigenvalue weighted by Crippen LogP contribution is -2.54. The van der Waals surface area contributed by atoms with Gasteiger partial charge in [-0.15, -0.1) is 10.2 Å². The average molecular weight is 1850 g/mol. The first kappa shape index (κ1) is 90.9. The number of rotatable bonds is 16. The summed E-state index contributed by atoms with van der Waals surface area (Å²) in [5.74, 6) is 22.3. The Morgan fingerprint density at radius 1 is 0.355 bits per heavy atom. The molecule has 41 heteroatoms. The van der Waals surface area contributed by atoms with Crippen LogP contribution in [0.2, 0.25) is 0 Å². The van der Waals surface area contributed by atoms with Gasteiger partial charge in [-0.1, -0.05) is 83.8 Å². The van der Waals surface area contributed by atoms with Crippen molar-refractivity contribution in [3.63, 3.8) is 0 Å². The quantitative estimate of drug-likeness (QED) is 0.0477. The summed E-state index contributed by atoms with van der Waals surface area (Å²) in [6.07, 6.45) is 12.8. The third-order valence-corrected chi connectivity index (χ3v) is 23.3. The van der Waals surface area contributed by atoms with Gasteiger partial charge in [0.05, 0.1) is 65.9 Å². The minimum Gasteiger partial charge on any atom is -0.497 e. The molecule has 5 saturated heterocycles. The fraction of sp³-hybridized carbons (Fsp3) is 0.196. The van der Waals surface area contributed by atoms with Crippen LogP contribution in [0, 0.1) is 54.3 Å². The number of benzene rings is 5. The van der Waals surface area contributed by atoms with Crippen molar-refractivity contribution in [3.8, 4) is 105 Å². The van der Waals surface area contributed by atoms with Crippen LogP contribution in [-0.2, 0) is 55.7 Å². The fourth-order valence-corrected chi connectivity index (χ4v) is 16.0. The van der Waals surface area contributed by atoms with Crippen LogP contribution in [0.25, 0.3) is 34.2 Å². The number of imide groups is 5. The highest BCUT2D eigenvalue weighted by Gasteiger charge is 2.53. The lowest BCUT2D eigenvalue weighted by atomic mass is 9.91. The van der Waals surface area contributed by atoms with E-state index < -0.39 is 87.4 Å². The van der Waals surface area contributed by atoms with Crippen LogP contribution < -0.4 is 72.1 Å². The maximum atomic E-state index is 13.0. The van der Waals surface area contributed by atoms with Gasteiger partial charge < -0.3 is 69.5 Å². The van der Waals surface area contributed by atoms with E-state index in [-0.39, 0.29) is 75.3 Å². The van der Waals surface area contributed by atoms with Gasteiger partial charge in [0.15, 0.2) is 5.82 Å². The fourth-order valence-electron chi connectivity index (χ4n) is 16.0. The second-order valence-electron chi connectivity index (χ2n) is 32.4. The van der Waals surface area contributed by atoms with Gasteiger partial charge in [0.1, 0.15) is 34.2 Å². The minimum absolute atomic E-state index is 0.103. The molecule has 0 aliphatic carbocycles. The zero-order valence-electron chi connectivity index (χ0n) is 73.8. The van der Waals surface area contributed by atoms with Crippen molar-refractivity contribution in [2.45, 2.75) is 67.7 Å². The molecule has 1 unspecified atom stereocenters. The molecule has 5 aromatic carbocycles. The molecule has 15 heterocycles. The Morgan fingerprint density at radius 2 is 0.688 bits per heavy atom. The minimum atomic E-state index is -1.65. The van der Waals surface area contributed by atoms with Crippen LogP contribution in [0.4, 0.5) is 24.0 Å². The molecular formula is C97H76N22O19. The number of carbonyl (C=O) groups is 14. The first-order valence-corrected chi connectivity index (χ1v) is 42.1. The van der Waals surface area contributed by atoms with E-state index in [4.69, 9.17) is 23.4 Å². The van der Waals surface area contributed by atoms with Crippen LogP contribution in [0.15, 0.2) is 200 Å². The molecule has 9 aliphatic heterocycles. The number of amides is 19. The number of hydrogen-bond acceptors (Lipinski definition) is 27. The summed E-state index contributed by atoms with van der Waals surface area (Å²) in [4.78, 5) is 206. The number of nitrogens with one attached hydrogen (secondary N) is 10. The number of ether oxygens (including phenoxy) is 4. The van der Waals surface area contributed by atoms with Crippen LogP contribution in [0.1, 0.15) is 104 Å². The summed E-state index contributed by atoms with van der Waals surface area (Å²) in [5.41, 5.74) is 2.86. The third-order valence-electron chi connectivity index (χ3n) is 23.3. The van der Waals surface area contributed by atoms with E-state index in [1.54, 1.807) is 166 Å². The van der Waals surface area contributed by atoms with Gasteiger partial charge in [0, 0.05) is 133 Å². The van der Waals surface area contributed by atoms with Gasteiger partial charge >= 0.3 is 30.2 Å². The van der Waals surface area contributed by atoms with Gasteiger partial charge in [-0.3, -0.25) is 84.7 Å². The Balaban J connectivity index is 0.000000127. The molecule has 9 aliphatic rings. The molecule has 5 fully saturated rings. The Labute approximate surface area is 783 Å². The standard InChI is InChI=1S/C25H21N5O6.C25H19N5O4.C24H18N6O4.C23H18N6O5/c1-24(20(32)26-22(34)28-24)16-6-3-14(4-7-16)9-10-25(21(33)27-23(35)29-25)13-30-12-15-5-8-17(36-2)11-18(15)19(30)31;1-34-19-6-5-18-14-30(22(31)20(18)11-19)15-25(23(32)28-24(33)29-25)9-8-16-4-7-21(27-12-16)17-3-2-10-26-13-17;1-34-18-5-4-17-13-30(21(31)19(17)9-18)14-24(22(32)28-23(33)29-24)7-6-15-10-26-20(27-11-15)16-3-2-8-25-12-16;1-13-27-28-19(34-13)18-6-3-14(10-24-18)7-8-23(21(31)25-22(32)26-23)12-29-11-15-4-5-16(33-2)9-17(15)20(29)30/h3-8,11H,12-13H2,1-2H3,(H2,26,28,32,34)(H2,27,29,33,35);2-7,10-13H,14-15H2,1H3,(H2,28,29,32,33);2-5,8-12H,13-14H2,1H3,(H2,28,29,32,33);3-6,9-10H,11-12H2,1-2H3,(H2,25,26,31,32)/t24?,25-;25-;24-;23-/m1111/s1. The SMILES string of the molecule is COc1ccc2c(c1)C(=O)N(C[C@@]1(C#Cc3ccc(-c4cccnc4)nc3)NC(=O)NC1=O)C2.COc1ccc2c(c1)C(=O)N(C[C@@]1(C#Cc3ccc(-c4nnc(C)o4)nc3)NC(=O)NC1=O)C2.COc1ccc2c(c1)C(=O)N(C[C@@]1(C#Cc3ccc(C4(C)NC(=O)NC4=O)cc3)NC(=O)NC1=O)C2.COc1ccc2c(c1)C(=O)N(C[C@@]1(C#Cc3cnc(-c4cccnc4)nc3)NC(=O)NC1=O)C2. The summed E-state index contributed by atoms with van der Waals surface area (Å²) < 4.78 is 26.2. The molecule has 5 atom stereocenters. The highest BCUT2D eigenvalue weighted by Crippen LogP contribution is 2.35. The van der Waals surface area contributed by atoms with Crippen molar-refractivity contribution in [1.82, 2.24) is 113 Å². The molecule has 138 heavy (non-hydrogen) atoms. The van der Waals surface area contributed by atoms with Crippen LogP contribution in [0.5, 0.6) is 23.0 Å². The summed E-state index contributed by atoms with van der Waals surface area (Å²) in [7, 11) is 6.08. The summed E-state index contributed by atoms with van der Waals surface area (Å²) in [5, 5.41) is 31.7. The first-order valence-electron chi connectivity index (χ1n) is 42.1. The third kappa shape index (κ3) is 18.6. The second-order valence-corrected chi connectivity index (χ2v) is 32.4. The normalized spacial score (nSPS) is 20.2. The van der Waals surface area contributed by atoms with Gasteiger partial charge in [-0.25, -0.2) is 38.9 Å². The van der Waals surface area contributed by atoms with Crippen LogP contribution >= 0.6 is 0 Å². The second kappa shape index (κ2) is 37.3. The molecule has 19 amide bonds. The smallest absolute Gasteiger partial charge is 0.323 e. The Hall–Kier alpha value is -19.1. The van der Waals surface area contributed by atoms with E-state index in [2.05, 4.69) is 141 Å². The van der Waals surface area contributed by atoms with Crippen molar-refractivity contribution >= 4 is 83.3 Å². The number of carbonyl (C=O) groups excluding carboxylic acids is 14. The predicted molar refractivity (Wildman–Crippen MR) is 482 cm³/mol. The van der Waals surface area contributed by atoms with E-state index >= 15 is 0 Å². The number of methoxy groups -OCH3 is 4. The molecular weight excluding hydrogens is 1780 g/mol. The number of pyridine rings is 4. The van der Waals surface area contributed by atoms with Crippen molar-refractivity contribution in [1.29, 1.82) is 0 Å². The highest BCUT2D eigenvalue weighted by atomic mass is 16.5. The lowest BCUT2D eigenvalue weighted by molar-refractivity contribution is -0.124. The van der Waals surface area contributed by atoms with Gasteiger partial charge in [0.2, 0.25) is 28.0 Å². The Kier molecular flexibility index (Phi) is 24.6. The molecule has 6 aromatic heterocycles. The number of fused-ring (bicyclic) bond motifs is 4. The molecule has 0 radical (unpaired) electrons. The maximum Gasteiger partial charge on any atom is 0.323 e. The van der Waals surface area contributed by atoms with Gasteiger partial charge in [0.25, 0.3) is 59.1 Å². The van der Waals surface area contributed by atoms with E-state index in [1.165, 1.54) is 66.6 Å². The van der Waals surface area contributed by atoms with Crippen molar-refractivity contribution < 1.29 is 90.5 Å². The molecule has 0 saturated carbocycles. The van der Waals surface area contributed by atoms with Gasteiger partial charge in [-0.2, -0.15) is 0 Å². The number of urea groups is 5. The number of nitrogens with zero attached hydrogens (tertiary/aromatic N) is 12. The number of aromatic nitrogens is 8. The molecule has 10 N–H and O–H groups in total. The van der Waals surface area contributed by atoms with Crippen LogP contribution in [-0.4, -0.2) is 220 Å². The highest BCUT2D eigenvalue weighted by molar-refractivity contribution is 6.14. The number of aryl methyl sites for hydroxylation is 1. The van der Waals surface area contributed by atoms with Crippen molar-refractivity contribution in [2.24, 2.45) is 0 Å². The zero-order chi connectivity index (χ0) is 97.0. The van der Waals surface area contributed by atoms with E-state index in [1.807, 2.05) is 24.3 Å². The lowest BCUT2D eigenvalue weighted by Gasteiger charge is -2.26. The number of hydrogen-bond donors (Lipinski definition) is 10. The summed E-state index contributed by atoms with van der Waals surface area (Å²) >= 11 is 0. The van der Waals surface area contributed by atoms with E-state index in [0.717, 1.165) is 39.1 Å². The maximum absolute atomic E-state index is 13.0. The molecule has 41 nitrogen and oxygen atoms in total. The largest absolute Gasteiger partial charge is 0.497 e. The van der Waals surface area contributed by atoms with Gasteiger partial charge in [-0.05, 0) is 144 Å². The first-order chi connectivity index (χ1) is 66.4. The molecule has 20 rings (SSSR count). The monoisotopic (exact) mass is 1850 g/mol. The van der Waals surface area contributed by atoms with E-state index in [9.17, 15) is 67.1 Å². The molecule has 0 bridgehead atoms. The Morgan fingerprint density at radius 3 is 1.00 bits per heavy atom. The predicted octanol–water partition coefficient (Wildman–Crippen LogP) is 4.24.